The fraction of sp³-hybridized carbons (Fsp3) is 0.605. The van der Waals surface area contributed by atoms with Gasteiger partial charge in [-0.1, -0.05) is 51.5 Å². The summed E-state index contributed by atoms with van der Waals surface area (Å²) >= 11 is 0. The number of nitrogens with one attached hydrogen (secondary N) is 1. The van der Waals surface area contributed by atoms with Crippen molar-refractivity contribution in [1.82, 2.24) is 5.32 Å². The molecule has 0 spiro atoms. The minimum atomic E-state index is -1.98. The lowest BCUT2D eigenvalue weighted by molar-refractivity contribution is -0.219. The molecule has 6 rings (SSSR count). The van der Waals surface area contributed by atoms with Gasteiger partial charge in [-0.3, -0.25) is 14.4 Å². The molecule has 10 nitrogen and oxygen atoms in total. The van der Waals surface area contributed by atoms with Gasteiger partial charge in [0.15, 0.2) is 40.1 Å². The lowest BCUT2D eigenvalue weighted by Crippen LogP contribution is -2.69. The zero-order valence-electron chi connectivity index (χ0n) is 29.2. The Kier molecular flexibility index (Phi) is 10.2. The highest BCUT2D eigenvalue weighted by Crippen LogP contribution is 2.70. The highest BCUT2D eigenvalue weighted by atomic mass is 19.1. The molecule has 4 aliphatic rings. The second kappa shape index (κ2) is 13.5. The number of allylic oxidation sites excluding steroid dienone is 4. The Morgan fingerprint density at radius 2 is 1.92 bits per heavy atom. The van der Waals surface area contributed by atoms with E-state index in [2.05, 4.69) is 5.32 Å². The molecule has 3 fully saturated rings. The first-order chi connectivity index (χ1) is 22.9. The Balaban J connectivity index is 0.000000200. The van der Waals surface area contributed by atoms with Crippen LogP contribution in [-0.4, -0.2) is 87.1 Å². The first kappa shape index (κ1) is 37.0. The van der Waals surface area contributed by atoms with Gasteiger partial charge in [0.05, 0.1) is 6.10 Å². The summed E-state index contributed by atoms with van der Waals surface area (Å²) in [5.74, 6) is -1.41. The van der Waals surface area contributed by atoms with Crippen molar-refractivity contribution in [3.8, 4) is 5.75 Å². The molecular formula is C38H50FNO9. The van der Waals surface area contributed by atoms with Crippen molar-refractivity contribution in [2.75, 3.05) is 19.8 Å². The fourth-order valence-corrected chi connectivity index (χ4v) is 9.20. The van der Waals surface area contributed by atoms with Gasteiger partial charge in [0.1, 0.15) is 24.9 Å². The number of benzene rings is 1. The van der Waals surface area contributed by atoms with Crippen molar-refractivity contribution in [2.24, 2.45) is 28.6 Å². The summed E-state index contributed by atoms with van der Waals surface area (Å²) in [4.78, 5) is 35.7. The average Bonchev–Trinajstić information content (AvgIpc) is 3.58. The Morgan fingerprint density at radius 1 is 1.20 bits per heavy atom. The molecule has 4 aliphatic carbocycles. The van der Waals surface area contributed by atoms with Gasteiger partial charge in [0.25, 0.3) is 0 Å². The maximum Gasteiger partial charge on any atom is 0.194 e. The summed E-state index contributed by atoms with van der Waals surface area (Å²) in [5, 5.41) is 45.8. The number of carbonyl (C=O) groups excluding carboxylic acids is 3. The van der Waals surface area contributed by atoms with E-state index in [4.69, 9.17) is 9.15 Å². The molecule has 9 atom stereocenters. The van der Waals surface area contributed by atoms with Gasteiger partial charge in [0.2, 0.25) is 0 Å². The van der Waals surface area contributed by atoms with E-state index in [9.17, 15) is 34.8 Å². The van der Waals surface area contributed by atoms with Crippen molar-refractivity contribution < 1.29 is 48.4 Å². The minimum absolute atomic E-state index is 0.0676. The van der Waals surface area contributed by atoms with Gasteiger partial charge in [-0.05, 0) is 68.7 Å². The number of ether oxygens (including phenoxy) is 1. The van der Waals surface area contributed by atoms with Crippen LogP contribution < -0.4 is 10.1 Å². The number of aliphatic hydroxyl groups is 4. The van der Waals surface area contributed by atoms with Crippen LogP contribution in [-0.2, 0) is 9.59 Å². The topological polar surface area (TPSA) is 167 Å². The third-order valence-electron chi connectivity index (χ3n) is 11.8. The molecule has 0 amide bonds. The number of para-hydroxylation sites is 1. The Morgan fingerprint density at radius 3 is 2.57 bits per heavy atom. The maximum absolute atomic E-state index is 16.9. The highest BCUT2D eigenvalue weighted by molar-refractivity contribution is 6.01. The quantitative estimate of drug-likeness (QED) is 0.241. The SMILES string of the molecule is CC(=O)c1cc2cccc(OCC(O)CNC(C)C)c2o1.C[C@H]1C[C@H]2[C@@H]3CCC4=CC(=O)C=C[C@]4(C)[C@@]3(F)[C@@H](O)C[C@]2(C)[C@@]1(O)C(=O)CO. The molecular weight excluding hydrogens is 633 g/mol. The van der Waals surface area contributed by atoms with E-state index in [1.807, 2.05) is 26.0 Å². The molecule has 1 heterocycles. The molecule has 268 valence electrons. The van der Waals surface area contributed by atoms with Crippen molar-refractivity contribution in [1.29, 1.82) is 0 Å². The van der Waals surface area contributed by atoms with Gasteiger partial charge < -0.3 is 34.9 Å². The van der Waals surface area contributed by atoms with E-state index in [0.717, 1.165) is 5.39 Å². The zero-order chi connectivity index (χ0) is 36.1. The second-order valence-corrected chi connectivity index (χ2v) is 15.1. The molecule has 0 saturated heterocycles. The fourth-order valence-electron chi connectivity index (χ4n) is 9.20. The van der Waals surface area contributed by atoms with Crippen LogP contribution in [0.2, 0.25) is 0 Å². The molecule has 0 bridgehead atoms. The number of fused-ring (bicyclic) bond motifs is 6. The molecule has 0 aliphatic heterocycles. The molecule has 11 heteroatoms. The predicted molar refractivity (Wildman–Crippen MR) is 181 cm³/mol. The van der Waals surface area contributed by atoms with Gasteiger partial charge in [0, 0.05) is 41.6 Å². The van der Waals surface area contributed by atoms with Crippen LogP contribution in [0.5, 0.6) is 5.75 Å². The smallest absolute Gasteiger partial charge is 0.194 e. The van der Waals surface area contributed by atoms with Crippen LogP contribution in [0, 0.1) is 28.6 Å². The normalized spacial score (nSPS) is 35.5. The summed E-state index contributed by atoms with van der Waals surface area (Å²) in [6.07, 6.45) is 3.83. The van der Waals surface area contributed by atoms with Crippen LogP contribution >= 0.6 is 0 Å². The van der Waals surface area contributed by atoms with E-state index < -0.39 is 58.5 Å². The van der Waals surface area contributed by atoms with Gasteiger partial charge in [-0.15, -0.1) is 0 Å². The number of alkyl halides is 1. The molecule has 3 saturated carbocycles. The standard InChI is InChI=1S/C22H29FO5.C16H21NO4/c1-12-8-16-15-5-4-13-9-14(25)6-7-19(13,2)21(15,23)17(26)10-20(16,3)22(12,28)18(27)11-24;1-10(2)17-8-13(19)9-20-14-6-4-5-12-7-15(11(3)18)21-16(12)14/h6-7,9,12,15-17,24,26,28H,4-5,8,10-11H2,1-3H3;4-7,10,13,17,19H,8-9H2,1-3H3/t12-,15-,16-,17-,19-,20-,21-,22-;/m0./s1. The van der Waals surface area contributed by atoms with E-state index in [1.54, 1.807) is 39.0 Å². The minimum Gasteiger partial charge on any atom is -0.487 e. The molecule has 49 heavy (non-hydrogen) atoms. The molecule has 2 aromatic rings. The second-order valence-electron chi connectivity index (χ2n) is 15.1. The summed E-state index contributed by atoms with van der Waals surface area (Å²) in [6, 6.07) is 7.45. The first-order valence-electron chi connectivity index (χ1n) is 17.2. The lowest BCUT2D eigenvalue weighted by atomic mass is 9.44. The number of hydrogen-bond donors (Lipinski definition) is 5. The van der Waals surface area contributed by atoms with Gasteiger partial charge in [-0.2, -0.15) is 0 Å². The maximum atomic E-state index is 16.9. The van der Waals surface area contributed by atoms with Crippen LogP contribution in [0.1, 0.15) is 77.8 Å². The molecule has 5 N–H and O–H groups in total. The van der Waals surface area contributed by atoms with Crippen LogP contribution in [0.3, 0.4) is 0 Å². The number of hydrogen-bond acceptors (Lipinski definition) is 10. The largest absolute Gasteiger partial charge is 0.487 e. The number of carbonyl (C=O) groups is 3. The number of Topliss-reactive ketones (excluding diaryl/α,β-unsaturated/α-hetero) is 2. The van der Waals surface area contributed by atoms with E-state index in [-0.39, 0.29) is 30.5 Å². The monoisotopic (exact) mass is 683 g/mol. The number of aliphatic hydroxyl groups excluding tert-OH is 3. The number of ketones is 3. The van der Waals surface area contributed by atoms with Gasteiger partial charge >= 0.3 is 0 Å². The summed E-state index contributed by atoms with van der Waals surface area (Å²) < 4.78 is 28.0. The lowest BCUT2D eigenvalue weighted by Gasteiger charge is -2.62. The molecule has 1 unspecified atom stereocenters. The summed E-state index contributed by atoms with van der Waals surface area (Å²) in [6.45, 7) is 10.6. The summed E-state index contributed by atoms with van der Waals surface area (Å²) in [5.41, 5.74) is -4.64. The Hall–Kier alpha value is -3.22. The van der Waals surface area contributed by atoms with Crippen molar-refractivity contribution in [3.63, 3.8) is 0 Å². The molecule has 1 aromatic heterocycles. The third-order valence-corrected chi connectivity index (χ3v) is 11.8. The van der Waals surface area contributed by atoms with Crippen molar-refractivity contribution in [2.45, 2.75) is 96.7 Å². The van der Waals surface area contributed by atoms with E-state index in [1.165, 1.54) is 19.1 Å². The number of halogens is 1. The van der Waals surface area contributed by atoms with E-state index >= 15 is 4.39 Å². The summed E-state index contributed by atoms with van der Waals surface area (Å²) in [7, 11) is 0. The number of furan rings is 1. The van der Waals surface area contributed by atoms with Crippen LogP contribution in [0.15, 0.2) is 52.5 Å². The Bertz CT molecular complexity index is 1670. The predicted octanol–water partition coefficient (Wildman–Crippen LogP) is 4.27. The van der Waals surface area contributed by atoms with Crippen molar-refractivity contribution in [3.05, 3.63) is 53.8 Å². The van der Waals surface area contributed by atoms with Crippen molar-refractivity contribution >= 4 is 28.3 Å². The van der Waals surface area contributed by atoms with Crippen LogP contribution in [0.4, 0.5) is 4.39 Å². The molecule has 1 aromatic carbocycles. The van der Waals surface area contributed by atoms with Crippen LogP contribution in [0.25, 0.3) is 11.0 Å². The first-order valence-corrected chi connectivity index (χ1v) is 17.2. The number of rotatable bonds is 9. The molecule has 0 radical (unpaired) electrons. The van der Waals surface area contributed by atoms with Gasteiger partial charge in [-0.25, -0.2) is 4.39 Å². The highest BCUT2D eigenvalue weighted by Gasteiger charge is 2.75. The third kappa shape index (κ3) is 6.01. The Labute approximate surface area is 286 Å². The van der Waals surface area contributed by atoms with E-state index in [0.29, 0.717) is 54.5 Å². The zero-order valence-corrected chi connectivity index (χ0v) is 29.2. The average molecular weight is 684 g/mol.